The van der Waals surface area contributed by atoms with Gasteiger partial charge >= 0.3 is 0 Å². The maximum Gasteiger partial charge on any atom is 0.273 e. The van der Waals surface area contributed by atoms with Crippen LogP contribution in [0.5, 0.6) is 0 Å². The lowest BCUT2D eigenvalue weighted by atomic mass is 10.7. The molecule has 1 heterocycles. The number of hydrogen-bond donors (Lipinski definition) is 1. The largest absolute Gasteiger partial charge is 0.273 e. The number of aromatic nitrogens is 2. The van der Waals surface area contributed by atoms with Gasteiger partial charge in [-0.15, -0.1) is 0 Å². The quantitative estimate of drug-likeness (QED) is 0.557. The predicted octanol–water partition coefficient (Wildman–Crippen LogP) is 0.431. The van der Waals surface area contributed by atoms with Crippen LogP contribution in [0.4, 0.5) is 0 Å². The number of nitrogens with zero attached hydrogens (tertiary/aromatic N) is 2. The Morgan fingerprint density at radius 3 is 2.00 bits per heavy atom. The van der Waals surface area contributed by atoms with Gasteiger partial charge in [0.05, 0.1) is 0 Å². The fraction of sp³-hybridized carbons (Fsp3) is 0. The van der Waals surface area contributed by atoms with Crippen molar-refractivity contribution in [1.82, 2.24) is 9.97 Å². The molecule has 12 heavy (non-hydrogen) atoms. The molecule has 0 fully saturated rings. The van der Waals surface area contributed by atoms with Gasteiger partial charge in [0.2, 0.25) is 0 Å². The monoisotopic (exact) mass is 227 g/mol. The Morgan fingerprint density at radius 2 is 1.67 bits per heavy atom. The van der Waals surface area contributed by atoms with Crippen LogP contribution in [0.25, 0.3) is 0 Å². The summed E-state index contributed by atoms with van der Waals surface area (Å²) >= 11 is 10.8. The Kier molecular flexibility index (Phi) is 2.52. The highest BCUT2D eigenvalue weighted by atomic mass is 35.5. The normalized spacial score (nSPS) is 11.6. The number of rotatable bonds is 1. The summed E-state index contributed by atoms with van der Waals surface area (Å²) in [6.07, 6.45) is 0. The van der Waals surface area contributed by atoms with E-state index in [4.69, 9.17) is 28.3 Å². The third kappa shape index (κ3) is 2.28. The van der Waals surface area contributed by atoms with E-state index >= 15 is 0 Å². The van der Waals surface area contributed by atoms with Crippen LogP contribution in [0.2, 0.25) is 10.3 Å². The van der Waals surface area contributed by atoms with Gasteiger partial charge in [0.15, 0.2) is 0 Å². The van der Waals surface area contributed by atoms with E-state index in [0.717, 1.165) is 0 Å². The van der Waals surface area contributed by atoms with E-state index in [1.165, 1.54) is 6.07 Å². The van der Waals surface area contributed by atoms with Crippen molar-refractivity contribution in [2.45, 2.75) is 5.16 Å². The molecule has 66 valence electrons. The van der Waals surface area contributed by atoms with E-state index in [-0.39, 0.29) is 10.3 Å². The van der Waals surface area contributed by atoms with Crippen LogP contribution in [-0.2, 0) is 10.0 Å². The van der Waals surface area contributed by atoms with Crippen molar-refractivity contribution in [3.63, 3.8) is 0 Å². The molecule has 0 aliphatic rings. The first kappa shape index (κ1) is 9.66. The fourth-order valence-corrected chi connectivity index (χ4v) is 1.47. The molecule has 2 N–H and O–H groups in total. The highest BCUT2D eigenvalue weighted by Gasteiger charge is 2.13. The molecule has 0 spiro atoms. The van der Waals surface area contributed by atoms with Crippen LogP contribution in [0.1, 0.15) is 0 Å². The first-order valence-corrected chi connectivity index (χ1v) is 4.93. The van der Waals surface area contributed by atoms with E-state index in [1.807, 2.05) is 0 Å². The molecule has 0 aliphatic carbocycles. The molecule has 1 rings (SSSR count). The second-order valence-corrected chi connectivity index (χ2v) is 4.07. The molecule has 0 amide bonds. The molecule has 0 saturated carbocycles. The summed E-state index contributed by atoms with van der Waals surface area (Å²) < 4.78 is 21.3. The Hall–Kier alpha value is -0.430. The first-order chi connectivity index (χ1) is 5.39. The van der Waals surface area contributed by atoms with Gasteiger partial charge in [-0.2, -0.15) is 0 Å². The van der Waals surface area contributed by atoms with Gasteiger partial charge in [0.1, 0.15) is 10.3 Å². The summed E-state index contributed by atoms with van der Waals surface area (Å²) in [5, 5.41) is 4.00. The topological polar surface area (TPSA) is 85.9 Å². The molecule has 0 unspecified atom stereocenters. The van der Waals surface area contributed by atoms with Crippen molar-refractivity contribution in [2.75, 3.05) is 0 Å². The summed E-state index contributed by atoms with van der Waals surface area (Å²) in [6.45, 7) is 0. The van der Waals surface area contributed by atoms with Crippen molar-refractivity contribution < 1.29 is 8.42 Å². The molecular formula is C4H3Cl2N3O2S. The van der Waals surface area contributed by atoms with Crippen molar-refractivity contribution in [2.24, 2.45) is 5.14 Å². The summed E-state index contributed by atoms with van der Waals surface area (Å²) in [7, 11) is -3.94. The van der Waals surface area contributed by atoms with E-state index in [0.29, 0.717) is 0 Å². The van der Waals surface area contributed by atoms with Crippen LogP contribution in [-0.4, -0.2) is 18.4 Å². The average molecular weight is 228 g/mol. The number of nitrogens with two attached hydrogens (primary N) is 1. The van der Waals surface area contributed by atoms with Crippen LogP contribution in [0.15, 0.2) is 11.2 Å². The number of hydrogen-bond acceptors (Lipinski definition) is 4. The van der Waals surface area contributed by atoms with E-state index in [9.17, 15) is 8.42 Å². The number of halogens is 2. The highest BCUT2D eigenvalue weighted by molar-refractivity contribution is 7.89. The zero-order chi connectivity index (χ0) is 9.35. The van der Waals surface area contributed by atoms with E-state index in [2.05, 4.69) is 9.97 Å². The van der Waals surface area contributed by atoms with E-state index < -0.39 is 15.2 Å². The predicted molar refractivity (Wildman–Crippen MR) is 43.4 cm³/mol. The number of primary sulfonamides is 1. The molecule has 0 aliphatic heterocycles. The van der Waals surface area contributed by atoms with Crippen molar-refractivity contribution in [3.05, 3.63) is 16.4 Å². The SMILES string of the molecule is NS(=O)(=O)c1nc(Cl)cc(Cl)n1. The minimum absolute atomic E-state index is 0.0703. The number of sulfonamides is 1. The van der Waals surface area contributed by atoms with Gasteiger partial charge in [0.25, 0.3) is 15.2 Å². The van der Waals surface area contributed by atoms with Gasteiger partial charge < -0.3 is 0 Å². The third-order valence-electron chi connectivity index (χ3n) is 0.898. The smallest absolute Gasteiger partial charge is 0.222 e. The third-order valence-corrected chi connectivity index (χ3v) is 1.98. The molecule has 0 atom stereocenters. The maximum atomic E-state index is 10.7. The Balaban J connectivity index is 3.37. The van der Waals surface area contributed by atoms with Crippen molar-refractivity contribution in [1.29, 1.82) is 0 Å². The lowest BCUT2D eigenvalue weighted by Gasteiger charge is -1.96. The zero-order valence-electron chi connectivity index (χ0n) is 5.53. The van der Waals surface area contributed by atoms with Crippen LogP contribution < -0.4 is 5.14 Å². The molecule has 0 aromatic carbocycles. The average Bonchev–Trinajstić information content (AvgIpc) is 1.82. The van der Waals surface area contributed by atoms with Crippen molar-refractivity contribution >= 4 is 33.2 Å². The summed E-state index contributed by atoms with van der Waals surface area (Å²) in [4.78, 5) is 6.72. The summed E-state index contributed by atoms with van der Waals surface area (Å²) in [5.41, 5.74) is 0. The minimum Gasteiger partial charge on any atom is -0.222 e. The molecule has 5 nitrogen and oxygen atoms in total. The second-order valence-electron chi connectivity index (χ2n) is 1.84. The van der Waals surface area contributed by atoms with Gasteiger partial charge in [-0.05, 0) is 0 Å². The van der Waals surface area contributed by atoms with Crippen LogP contribution in [0.3, 0.4) is 0 Å². The molecule has 0 saturated heterocycles. The highest BCUT2D eigenvalue weighted by Crippen LogP contribution is 2.13. The Labute approximate surface area is 78.6 Å². The second kappa shape index (κ2) is 3.14. The van der Waals surface area contributed by atoms with E-state index in [1.54, 1.807) is 0 Å². The summed E-state index contributed by atoms with van der Waals surface area (Å²) in [5.74, 6) is 0. The van der Waals surface area contributed by atoms with Crippen molar-refractivity contribution in [3.8, 4) is 0 Å². The lowest BCUT2D eigenvalue weighted by molar-refractivity contribution is 0.588. The van der Waals surface area contributed by atoms with Gasteiger partial charge in [-0.25, -0.2) is 23.5 Å². The van der Waals surface area contributed by atoms with Crippen LogP contribution in [0, 0.1) is 0 Å². The molecule has 8 heteroatoms. The molecule has 0 radical (unpaired) electrons. The van der Waals surface area contributed by atoms with Gasteiger partial charge in [-0.3, -0.25) is 0 Å². The molecule has 1 aromatic heterocycles. The maximum absolute atomic E-state index is 10.7. The molecular weight excluding hydrogens is 225 g/mol. The van der Waals surface area contributed by atoms with Gasteiger partial charge in [0, 0.05) is 6.07 Å². The fourth-order valence-electron chi connectivity index (χ4n) is 0.498. The minimum atomic E-state index is -3.94. The molecule has 1 aromatic rings. The zero-order valence-corrected chi connectivity index (χ0v) is 7.86. The standard InChI is InChI=1S/C4H3Cl2N3O2S/c5-2-1-3(6)9-4(8-2)12(7,10)11/h1H,(H2,7,10,11). The van der Waals surface area contributed by atoms with Crippen LogP contribution >= 0.6 is 23.2 Å². The first-order valence-electron chi connectivity index (χ1n) is 2.62. The lowest BCUT2D eigenvalue weighted by Crippen LogP contribution is -2.15. The van der Waals surface area contributed by atoms with Gasteiger partial charge in [-0.1, -0.05) is 23.2 Å². The summed E-state index contributed by atoms with van der Waals surface area (Å²) in [6, 6.07) is 1.21. The Morgan fingerprint density at radius 1 is 1.25 bits per heavy atom. The Bertz CT molecular complexity index is 385. The molecule has 0 bridgehead atoms.